The minimum atomic E-state index is -3.23. The molecule has 1 aromatic carbocycles. The summed E-state index contributed by atoms with van der Waals surface area (Å²) < 4.78 is 26.0. The summed E-state index contributed by atoms with van der Waals surface area (Å²) in [4.78, 5) is 0. The van der Waals surface area contributed by atoms with Gasteiger partial charge in [-0.2, -0.15) is 0 Å². The second-order valence-electron chi connectivity index (χ2n) is 4.13. The predicted octanol–water partition coefficient (Wildman–Crippen LogP) is 1.12. The van der Waals surface area contributed by atoms with Gasteiger partial charge in [0.25, 0.3) is 0 Å². The van der Waals surface area contributed by atoms with Gasteiger partial charge >= 0.3 is 0 Å². The lowest BCUT2D eigenvalue weighted by Gasteiger charge is -2.27. The van der Waals surface area contributed by atoms with Crippen molar-refractivity contribution in [2.75, 3.05) is 12.3 Å². The number of sulfonamides is 1. The van der Waals surface area contributed by atoms with Gasteiger partial charge in [0.1, 0.15) is 0 Å². The average molecular weight is 275 g/mol. The Kier molecular flexibility index (Phi) is 4.04. The Hall–Kier alpha value is -0.620. The zero-order valence-corrected chi connectivity index (χ0v) is 10.9. The van der Waals surface area contributed by atoms with Gasteiger partial charge in [-0.1, -0.05) is 29.8 Å². The molecule has 0 spiro atoms. The molecule has 0 saturated carbocycles. The Morgan fingerprint density at radius 3 is 2.71 bits per heavy atom. The first-order valence-electron chi connectivity index (χ1n) is 5.51. The zero-order chi connectivity index (χ0) is 12.3. The van der Waals surface area contributed by atoms with Gasteiger partial charge in [-0.15, -0.1) is 0 Å². The molecule has 0 radical (unpaired) electrons. The standard InChI is InChI=1S/C11H15ClN2O2S/c12-11-4-2-1-3-9(11)7-14-17(15,16)8-10-5-6-13-10/h1-4,10,13-14H,5-8H2. The van der Waals surface area contributed by atoms with Gasteiger partial charge in [0.15, 0.2) is 0 Å². The summed E-state index contributed by atoms with van der Waals surface area (Å²) in [6.45, 7) is 1.15. The molecule has 1 aromatic rings. The van der Waals surface area contributed by atoms with Crippen LogP contribution in [-0.4, -0.2) is 26.8 Å². The molecule has 2 N–H and O–H groups in total. The Balaban J connectivity index is 1.90. The quantitative estimate of drug-likeness (QED) is 0.846. The molecule has 4 nitrogen and oxygen atoms in total. The van der Waals surface area contributed by atoms with Crippen LogP contribution in [0.5, 0.6) is 0 Å². The van der Waals surface area contributed by atoms with Crippen molar-refractivity contribution in [3.05, 3.63) is 34.9 Å². The molecule has 1 aliphatic heterocycles. The summed E-state index contributed by atoms with van der Waals surface area (Å²) in [5, 5.41) is 3.65. The van der Waals surface area contributed by atoms with Crippen molar-refractivity contribution in [1.29, 1.82) is 0 Å². The number of benzene rings is 1. The Labute approximate surface area is 106 Å². The fourth-order valence-electron chi connectivity index (χ4n) is 1.64. The highest BCUT2D eigenvalue weighted by molar-refractivity contribution is 7.89. The van der Waals surface area contributed by atoms with Gasteiger partial charge in [-0.25, -0.2) is 13.1 Å². The van der Waals surface area contributed by atoms with E-state index in [1.807, 2.05) is 18.2 Å². The summed E-state index contributed by atoms with van der Waals surface area (Å²) in [5.41, 5.74) is 0.791. The van der Waals surface area contributed by atoms with E-state index < -0.39 is 10.0 Å². The lowest BCUT2D eigenvalue weighted by atomic mass is 10.1. The first kappa shape index (κ1) is 12.8. The van der Waals surface area contributed by atoms with Crippen LogP contribution in [0, 0.1) is 0 Å². The molecule has 17 heavy (non-hydrogen) atoms. The van der Waals surface area contributed by atoms with Crippen LogP contribution < -0.4 is 10.0 Å². The lowest BCUT2D eigenvalue weighted by Crippen LogP contribution is -2.49. The minimum Gasteiger partial charge on any atom is -0.313 e. The van der Waals surface area contributed by atoms with E-state index in [1.54, 1.807) is 6.07 Å². The van der Waals surface area contributed by atoms with Crippen LogP contribution >= 0.6 is 11.6 Å². The molecular weight excluding hydrogens is 260 g/mol. The Morgan fingerprint density at radius 1 is 1.41 bits per heavy atom. The highest BCUT2D eigenvalue weighted by Gasteiger charge is 2.23. The van der Waals surface area contributed by atoms with Crippen LogP contribution in [0.3, 0.4) is 0 Å². The third-order valence-corrected chi connectivity index (χ3v) is 4.58. The maximum atomic E-state index is 11.7. The molecule has 94 valence electrons. The van der Waals surface area contributed by atoms with Crippen molar-refractivity contribution in [2.45, 2.75) is 19.0 Å². The fourth-order valence-corrected chi connectivity index (χ4v) is 3.15. The summed E-state index contributed by atoms with van der Waals surface area (Å²) >= 11 is 5.95. The number of rotatable bonds is 5. The first-order chi connectivity index (χ1) is 8.07. The maximum absolute atomic E-state index is 11.7. The molecule has 1 heterocycles. The van der Waals surface area contributed by atoms with Crippen molar-refractivity contribution in [3.63, 3.8) is 0 Å². The molecule has 1 atom stereocenters. The van der Waals surface area contributed by atoms with Crippen molar-refractivity contribution in [3.8, 4) is 0 Å². The second-order valence-corrected chi connectivity index (χ2v) is 6.39. The van der Waals surface area contributed by atoms with Gasteiger partial charge < -0.3 is 5.32 Å². The highest BCUT2D eigenvalue weighted by atomic mass is 35.5. The number of halogens is 1. The molecule has 6 heteroatoms. The van der Waals surface area contributed by atoms with E-state index in [9.17, 15) is 8.42 Å². The predicted molar refractivity (Wildman–Crippen MR) is 68.5 cm³/mol. The van der Waals surface area contributed by atoms with Crippen LogP contribution in [0.2, 0.25) is 5.02 Å². The van der Waals surface area contributed by atoms with E-state index in [4.69, 9.17) is 11.6 Å². The van der Waals surface area contributed by atoms with E-state index in [2.05, 4.69) is 10.0 Å². The Morgan fingerprint density at radius 2 is 2.12 bits per heavy atom. The van der Waals surface area contributed by atoms with Gasteiger partial charge in [0.2, 0.25) is 10.0 Å². The van der Waals surface area contributed by atoms with E-state index in [0.29, 0.717) is 5.02 Å². The summed E-state index contributed by atoms with van der Waals surface area (Å²) in [6, 6.07) is 7.31. The van der Waals surface area contributed by atoms with E-state index in [0.717, 1.165) is 18.5 Å². The number of hydrogen-bond acceptors (Lipinski definition) is 3. The van der Waals surface area contributed by atoms with Crippen molar-refractivity contribution < 1.29 is 8.42 Å². The molecule has 0 aromatic heterocycles. The molecule has 2 rings (SSSR count). The number of hydrogen-bond donors (Lipinski definition) is 2. The van der Waals surface area contributed by atoms with Gasteiger partial charge in [0, 0.05) is 17.6 Å². The summed E-state index contributed by atoms with van der Waals surface area (Å²) in [7, 11) is -3.23. The van der Waals surface area contributed by atoms with Gasteiger partial charge in [0.05, 0.1) is 5.75 Å². The topological polar surface area (TPSA) is 58.2 Å². The second kappa shape index (κ2) is 5.35. The van der Waals surface area contributed by atoms with Crippen LogP contribution in [0.1, 0.15) is 12.0 Å². The molecule has 1 saturated heterocycles. The Bertz CT molecular complexity index is 486. The molecular formula is C11H15ClN2O2S. The molecule has 1 unspecified atom stereocenters. The van der Waals surface area contributed by atoms with Gasteiger partial charge in [-0.3, -0.25) is 0 Å². The molecule has 0 amide bonds. The maximum Gasteiger partial charge on any atom is 0.213 e. The lowest BCUT2D eigenvalue weighted by molar-refractivity contribution is 0.397. The molecule has 0 bridgehead atoms. The SMILES string of the molecule is O=S(=O)(CC1CCN1)NCc1ccccc1Cl. The smallest absolute Gasteiger partial charge is 0.213 e. The van der Waals surface area contributed by atoms with Crippen molar-refractivity contribution in [2.24, 2.45) is 0 Å². The molecule has 1 fully saturated rings. The molecule has 0 aliphatic carbocycles. The third kappa shape index (κ3) is 3.67. The van der Waals surface area contributed by atoms with Crippen LogP contribution in [0.25, 0.3) is 0 Å². The van der Waals surface area contributed by atoms with E-state index in [-0.39, 0.29) is 18.3 Å². The van der Waals surface area contributed by atoms with Crippen LogP contribution in [0.4, 0.5) is 0 Å². The number of nitrogens with one attached hydrogen (secondary N) is 2. The van der Waals surface area contributed by atoms with Gasteiger partial charge in [-0.05, 0) is 24.6 Å². The largest absolute Gasteiger partial charge is 0.313 e. The van der Waals surface area contributed by atoms with Crippen molar-refractivity contribution in [1.82, 2.24) is 10.0 Å². The highest BCUT2D eigenvalue weighted by Crippen LogP contribution is 2.15. The van der Waals surface area contributed by atoms with Crippen LogP contribution in [-0.2, 0) is 16.6 Å². The fraction of sp³-hybridized carbons (Fsp3) is 0.455. The van der Waals surface area contributed by atoms with Crippen molar-refractivity contribution >= 4 is 21.6 Å². The molecule has 1 aliphatic rings. The first-order valence-corrected chi connectivity index (χ1v) is 7.54. The third-order valence-electron chi connectivity index (χ3n) is 2.79. The summed E-state index contributed by atoms with van der Waals surface area (Å²) in [5.74, 6) is 0.136. The zero-order valence-electron chi connectivity index (χ0n) is 9.32. The average Bonchev–Trinajstić information content (AvgIpc) is 2.23. The van der Waals surface area contributed by atoms with E-state index >= 15 is 0 Å². The normalized spacial score (nSPS) is 19.9. The minimum absolute atomic E-state index is 0.0961. The van der Waals surface area contributed by atoms with Crippen LogP contribution in [0.15, 0.2) is 24.3 Å². The summed E-state index contributed by atoms with van der Waals surface area (Å²) in [6.07, 6.45) is 0.924. The van der Waals surface area contributed by atoms with E-state index in [1.165, 1.54) is 0 Å². The monoisotopic (exact) mass is 274 g/mol.